The van der Waals surface area contributed by atoms with Crippen molar-refractivity contribution in [3.8, 4) is 5.75 Å². The molecule has 3 nitrogen and oxygen atoms in total. The van der Waals surface area contributed by atoms with Crippen LogP contribution in [0.25, 0.3) is 0 Å². The standard InChI is InChI=1S/C16H26N2O/c1-4-15(13-5-7-14(19)8-6-13)18-11-9-16(2,17-3)10-12-18/h5-8,15,17,19H,4,9-12H2,1-3H3. The molecule has 1 unspecified atom stereocenters. The predicted molar refractivity (Wildman–Crippen MR) is 79.4 cm³/mol. The molecule has 0 radical (unpaired) electrons. The van der Waals surface area contributed by atoms with Gasteiger partial charge in [-0.25, -0.2) is 0 Å². The van der Waals surface area contributed by atoms with Crippen molar-refractivity contribution in [2.24, 2.45) is 0 Å². The lowest BCUT2D eigenvalue weighted by Crippen LogP contribution is -2.50. The van der Waals surface area contributed by atoms with E-state index in [0.29, 0.717) is 17.3 Å². The molecule has 1 aliphatic rings. The smallest absolute Gasteiger partial charge is 0.115 e. The molecular weight excluding hydrogens is 236 g/mol. The van der Waals surface area contributed by atoms with E-state index in [1.807, 2.05) is 0 Å². The van der Waals surface area contributed by atoms with Gasteiger partial charge in [-0.3, -0.25) is 4.90 Å². The third kappa shape index (κ3) is 3.28. The first-order valence-electron chi connectivity index (χ1n) is 7.30. The summed E-state index contributed by atoms with van der Waals surface area (Å²) in [6.07, 6.45) is 3.50. The molecule has 2 rings (SSSR count). The zero-order valence-electron chi connectivity index (χ0n) is 12.3. The number of rotatable bonds is 4. The average molecular weight is 262 g/mol. The van der Waals surface area contributed by atoms with E-state index in [0.717, 1.165) is 19.5 Å². The van der Waals surface area contributed by atoms with E-state index in [1.54, 1.807) is 12.1 Å². The molecule has 0 saturated carbocycles. The molecule has 19 heavy (non-hydrogen) atoms. The molecule has 0 spiro atoms. The van der Waals surface area contributed by atoms with Gasteiger partial charge in [0.2, 0.25) is 0 Å². The Labute approximate surface area is 116 Å². The largest absolute Gasteiger partial charge is 0.508 e. The van der Waals surface area contributed by atoms with E-state index >= 15 is 0 Å². The van der Waals surface area contributed by atoms with Crippen molar-refractivity contribution < 1.29 is 5.11 Å². The maximum atomic E-state index is 9.40. The molecule has 1 atom stereocenters. The molecule has 0 bridgehead atoms. The second-order valence-corrected chi connectivity index (χ2v) is 5.86. The Kier molecular flexibility index (Phi) is 4.48. The summed E-state index contributed by atoms with van der Waals surface area (Å²) in [4.78, 5) is 2.57. The lowest BCUT2D eigenvalue weighted by atomic mass is 9.88. The van der Waals surface area contributed by atoms with Gasteiger partial charge in [-0.15, -0.1) is 0 Å². The van der Waals surface area contributed by atoms with Gasteiger partial charge < -0.3 is 10.4 Å². The van der Waals surface area contributed by atoms with Gasteiger partial charge in [-0.2, -0.15) is 0 Å². The highest BCUT2D eigenvalue weighted by Gasteiger charge is 2.31. The Bertz CT molecular complexity index is 394. The molecular formula is C16H26N2O. The van der Waals surface area contributed by atoms with Crippen molar-refractivity contribution >= 4 is 0 Å². The average Bonchev–Trinajstić information content (AvgIpc) is 2.44. The van der Waals surface area contributed by atoms with Gasteiger partial charge in [0.1, 0.15) is 5.75 Å². The van der Waals surface area contributed by atoms with Crippen LogP contribution in [0.15, 0.2) is 24.3 Å². The third-order valence-corrected chi connectivity index (χ3v) is 4.61. The normalized spacial score (nSPS) is 21.2. The molecule has 1 aliphatic heterocycles. The van der Waals surface area contributed by atoms with Crippen LogP contribution in [0.1, 0.15) is 44.7 Å². The SMILES string of the molecule is CCC(c1ccc(O)cc1)N1CCC(C)(NC)CC1. The summed E-state index contributed by atoms with van der Waals surface area (Å²) >= 11 is 0. The molecule has 3 heteroatoms. The molecule has 1 fully saturated rings. The minimum Gasteiger partial charge on any atom is -0.508 e. The first kappa shape index (κ1) is 14.4. The number of nitrogens with one attached hydrogen (secondary N) is 1. The summed E-state index contributed by atoms with van der Waals surface area (Å²) in [5.74, 6) is 0.347. The van der Waals surface area contributed by atoms with E-state index in [4.69, 9.17) is 0 Å². The van der Waals surface area contributed by atoms with E-state index in [2.05, 4.69) is 43.2 Å². The lowest BCUT2D eigenvalue weighted by molar-refractivity contribution is 0.107. The molecule has 1 aromatic carbocycles. The summed E-state index contributed by atoms with van der Waals surface area (Å²) < 4.78 is 0. The Balaban J connectivity index is 2.05. The van der Waals surface area contributed by atoms with Crippen molar-refractivity contribution in [1.82, 2.24) is 10.2 Å². The summed E-state index contributed by atoms with van der Waals surface area (Å²) in [6.45, 7) is 6.82. The highest BCUT2D eigenvalue weighted by atomic mass is 16.3. The maximum absolute atomic E-state index is 9.40. The Morgan fingerprint density at radius 2 is 1.84 bits per heavy atom. The van der Waals surface area contributed by atoms with Gasteiger partial charge in [0.15, 0.2) is 0 Å². The number of hydrogen-bond acceptors (Lipinski definition) is 3. The molecule has 1 heterocycles. The summed E-state index contributed by atoms with van der Waals surface area (Å²) in [5, 5.41) is 12.8. The fourth-order valence-corrected chi connectivity index (χ4v) is 2.98. The van der Waals surface area contributed by atoms with Crippen LogP contribution < -0.4 is 5.32 Å². The lowest BCUT2D eigenvalue weighted by Gasteiger charge is -2.42. The number of likely N-dealkylation sites (tertiary alicyclic amines) is 1. The molecule has 0 aliphatic carbocycles. The summed E-state index contributed by atoms with van der Waals surface area (Å²) in [7, 11) is 2.06. The van der Waals surface area contributed by atoms with Crippen LogP contribution in [-0.4, -0.2) is 35.7 Å². The van der Waals surface area contributed by atoms with Gasteiger partial charge >= 0.3 is 0 Å². The number of phenolic OH excluding ortho intramolecular Hbond substituents is 1. The molecule has 1 aromatic rings. The number of benzene rings is 1. The zero-order valence-corrected chi connectivity index (χ0v) is 12.3. The second kappa shape index (κ2) is 5.93. The molecule has 0 amide bonds. The van der Waals surface area contributed by atoms with Crippen LogP contribution >= 0.6 is 0 Å². The van der Waals surface area contributed by atoms with Crippen LogP contribution in [-0.2, 0) is 0 Å². The Morgan fingerprint density at radius 3 is 2.32 bits per heavy atom. The van der Waals surface area contributed by atoms with Gasteiger partial charge in [-0.1, -0.05) is 19.1 Å². The van der Waals surface area contributed by atoms with Crippen molar-refractivity contribution in [3.05, 3.63) is 29.8 Å². The van der Waals surface area contributed by atoms with Crippen molar-refractivity contribution in [2.75, 3.05) is 20.1 Å². The van der Waals surface area contributed by atoms with Crippen LogP contribution in [0.5, 0.6) is 5.75 Å². The minimum atomic E-state index is 0.295. The Morgan fingerprint density at radius 1 is 1.26 bits per heavy atom. The van der Waals surface area contributed by atoms with Crippen LogP contribution in [0.2, 0.25) is 0 Å². The highest BCUT2D eigenvalue weighted by molar-refractivity contribution is 5.28. The summed E-state index contributed by atoms with van der Waals surface area (Å²) in [5.41, 5.74) is 1.61. The highest BCUT2D eigenvalue weighted by Crippen LogP contribution is 2.31. The number of aromatic hydroxyl groups is 1. The topological polar surface area (TPSA) is 35.5 Å². The number of nitrogens with zero attached hydrogens (tertiary/aromatic N) is 1. The van der Waals surface area contributed by atoms with E-state index in [9.17, 15) is 5.11 Å². The summed E-state index contributed by atoms with van der Waals surface area (Å²) in [6, 6.07) is 8.16. The number of hydrogen-bond donors (Lipinski definition) is 2. The van der Waals surface area contributed by atoms with Crippen LogP contribution in [0, 0.1) is 0 Å². The maximum Gasteiger partial charge on any atom is 0.115 e. The second-order valence-electron chi connectivity index (χ2n) is 5.86. The molecule has 1 saturated heterocycles. The van der Waals surface area contributed by atoms with Gasteiger partial charge in [0.05, 0.1) is 0 Å². The van der Waals surface area contributed by atoms with E-state index in [1.165, 1.54) is 18.4 Å². The molecule has 106 valence electrons. The van der Waals surface area contributed by atoms with Gasteiger partial charge in [-0.05, 0) is 50.9 Å². The van der Waals surface area contributed by atoms with Gasteiger partial charge in [0, 0.05) is 24.7 Å². The Hall–Kier alpha value is -1.06. The van der Waals surface area contributed by atoms with Crippen molar-refractivity contribution in [3.63, 3.8) is 0 Å². The fourth-order valence-electron chi connectivity index (χ4n) is 2.98. The minimum absolute atomic E-state index is 0.295. The first-order valence-corrected chi connectivity index (χ1v) is 7.30. The van der Waals surface area contributed by atoms with Crippen molar-refractivity contribution in [2.45, 2.75) is 44.7 Å². The van der Waals surface area contributed by atoms with E-state index in [-0.39, 0.29) is 0 Å². The van der Waals surface area contributed by atoms with Crippen molar-refractivity contribution in [1.29, 1.82) is 0 Å². The monoisotopic (exact) mass is 262 g/mol. The fraction of sp³-hybridized carbons (Fsp3) is 0.625. The number of piperidine rings is 1. The van der Waals surface area contributed by atoms with E-state index < -0.39 is 0 Å². The number of phenols is 1. The zero-order chi connectivity index (χ0) is 13.9. The third-order valence-electron chi connectivity index (χ3n) is 4.61. The quantitative estimate of drug-likeness (QED) is 0.876. The van der Waals surface area contributed by atoms with Gasteiger partial charge in [0.25, 0.3) is 0 Å². The first-order chi connectivity index (χ1) is 9.08. The molecule has 2 N–H and O–H groups in total. The molecule has 0 aromatic heterocycles. The van der Waals surface area contributed by atoms with Crippen LogP contribution in [0.3, 0.4) is 0 Å². The predicted octanol–water partition coefficient (Wildman–Crippen LogP) is 2.92. The van der Waals surface area contributed by atoms with Crippen LogP contribution in [0.4, 0.5) is 0 Å².